The Kier molecular flexibility index (Phi) is 13.3. The molecule has 0 aromatic heterocycles. The number of hydrogen-bond acceptors (Lipinski definition) is 2. The minimum atomic E-state index is -11.6. The van der Waals surface area contributed by atoms with E-state index in [1.54, 1.807) is 0 Å². The third kappa shape index (κ3) is 7.44. The first kappa shape index (κ1) is 55.0. The van der Waals surface area contributed by atoms with E-state index in [1.807, 2.05) is 0 Å². The van der Waals surface area contributed by atoms with E-state index in [2.05, 4.69) is 0 Å². The van der Waals surface area contributed by atoms with Crippen molar-refractivity contribution in [2.45, 2.75) is 88.0 Å². The standard InChI is InChI=1S/C15F37O2Si3/c16-1(17,2(18,19)4(22,23)6(26,27)8(30,31)32)3(20,21)5(24,25)7(28,29)9(33,34)55(53-56(10(35,36)37,11(38,39)40)12(41,42)43)54-57(13(44,45)46,14(47,48)49)15(50,51)52. The van der Waals surface area contributed by atoms with Crippen molar-refractivity contribution < 1.29 is 171 Å². The highest BCUT2D eigenvalue weighted by molar-refractivity contribution is 6.88. The molecule has 0 rings (SSSR count). The van der Waals surface area contributed by atoms with E-state index in [0.717, 1.165) is 0 Å². The zero-order chi connectivity index (χ0) is 47.5. The summed E-state index contributed by atoms with van der Waals surface area (Å²) in [6.07, 6.45) is -8.51. The molecule has 0 unspecified atom stereocenters. The van der Waals surface area contributed by atoms with E-state index in [9.17, 15) is 162 Å². The molecule has 0 saturated heterocycles. The fraction of sp³-hybridized carbons (Fsp3) is 1.00. The van der Waals surface area contributed by atoms with Crippen molar-refractivity contribution in [3.05, 3.63) is 0 Å². The molecule has 0 aromatic carbocycles. The van der Waals surface area contributed by atoms with Gasteiger partial charge in [-0.05, 0) is 0 Å². The zero-order valence-electron chi connectivity index (χ0n) is 23.8. The molecule has 1 radical (unpaired) electrons. The SMILES string of the molecule is FC(F)(F)C(F)(F)C(F)(F)C(F)(F)C(F)(F)C(F)(F)C(F)(F)C(F)(F)C(F)(F)[Si](O[Si](C(F)(F)F)(C(F)(F)F)C(F)(F)F)O[Si](C(F)(F)F)(C(F)(F)F)C(F)(F)F. The van der Waals surface area contributed by atoms with Gasteiger partial charge in [0.15, 0.2) is 0 Å². The third-order valence-corrected chi connectivity index (χ3v) is 15.8. The lowest BCUT2D eigenvalue weighted by molar-refractivity contribution is -0.466. The van der Waals surface area contributed by atoms with Gasteiger partial charge in [-0.1, -0.05) is 0 Å². The summed E-state index contributed by atoms with van der Waals surface area (Å²) in [4.78, 5) is 0. The largest absolute Gasteiger partial charge is 0.540 e. The third-order valence-electron chi connectivity index (χ3n) is 6.26. The maximum atomic E-state index is 14.8. The van der Waals surface area contributed by atoms with Crippen LogP contribution >= 0.6 is 0 Å². The number of alkyl halides is 37. The summed E-state index contributed by atoms with van der Waals surface area (Å²) in [5.74, 6) is -124. The van der Waals surface area contributed by atoms with Crippen LogP contribution in [0, 0.1) is 0 Å². The first-order chi connectivity index (χ1) is 23.8. The number of hydrogen-bond donors (Lipinski definition) is 0. The van der Waals surface area contributed by atoms with Gasteiger partial charge in [-0.25, -0.2) is 0 Å². The highest BCUT2D eigenvalue weighted by atomic mass is 28.4. The van der Waals surface area contributed by atoms with Crippen molar-refractivity contribution >= 4 is 25.9 Å². The molecule has 0 fully saturated rings. The highest BCUT2D eigenvalue weighted by Crippen LogP contribution is 2.66. The second kappa shape index (κ2) is 13.7. The molecule has 0 spiro atoms. The summed E-state index contributed by atoms with van der Waals surface area (Å²) in [5, 5.41) is 0. The molecule has 0 N–H and O–H groups in total. The molecule has 0 aliphatic heterocycles. The smallest absolute Gasteiger partial charge is 0.413 e. The van der Waals surface area contributed by atoms with Gasteiger partial charge in [-0.2, -0.15) is 162 Å². The van der Waals surface area contributed by atoms with Crippen molar-refractivity contribution in [3.63, 3.8) is 0 Å². The molecule has 42 heteroatoms. The van der Waals surface area contributed by atoms with E-state index in [4.69, 9.17) is 0 Å². The first-order valence-electron chi connectivity index (χ1n) is 11.6. The van der Waals surface area contributed by atoms with Crippen LogP contribution in [0.15, 0.2) is 0 Å². The van der Waals surface area contributed by atoms with E-state index < -0.39 is 114 Å². The molecule has 0 atom stereocenters. The molecule has 2 nitrogen and oxygen atoms in total. The Morgan fingerprint density at radius 3 is 0.544 bits per heavy atom. The summed E-state index contributed by atoms with van der Waals surface area (Å²) >= 11 is 0. The zero-order valence-corrected chi connectivity index (χ0v) is 26.8. The summed E-state index contributed by atoms with van der Waals surface area (Å²) in [5.41, 5.74) is -9.96. The van der Waals surface area contributed by atoms with Crippen LogP contribution in [0.2, 0.25) is 0 Å². The molecule has 0 bridgehead atoms. The lowest BCUT2D eigenvalue weighted by Crippen LogP contribution is -2.82. The van der Waals surface area contributed by atoms with Crippen molar-refractivity contribution in [1.82, 2.24) is 0 Å². The predicted molar refractivity (Wildman–Crippen MR) is 101 cm³/mol. The summed E-state index contributed by atoms with van der Waals surface area (Å²) in [6, 6.07) is 0. The number of rotatable bonds is 12. The van der Waals surface area contributed by atoms with Gasteiger partial charge in [0.2, 0.25) is 0 Å². The minimum Gasteiger partial charge on any atom is -0.413 e. The van der Waals surface area contributed by atoms with Crippen LogP contribution in [0.1, 0.15) is 0 Å². The predicted octanol–water partition coefficient (Wildman–Crippen LogP) is 11.2. The van der Waals surface area contributed by atoms with Crippen LogP contribution in [0.25, 0.3) is 0 Å². The van der Waals surface area contributed by atoms with Gasteiger partial charge in [0.25, 0.3) is 0 Å². The monoisotopic (exact) mass is 999 g/mol. The van der Waals surface area contributed by atoms with Crippen LogP contribution in [0.3, 0.4) is 0 Å². The van der Waals surface area contributed by atoms with Gasteiger partial charge in [0.05, 0.1) is 0 Å². The molecule has 57 heavy (non-hydrogen) atoms. The van der Waals surface area contributed by atoms with E-state index in [-0.39, 0.29) is 0 Å². The van der Waals surface area contributed by atoms with Gasteiger partial charge >= 0.3 is 114 Å². The van der Waals surface area contributed by atoms with Crippen LogP contribution in [0.4, 0.5) is 162 Å². The lowest BCUT2D eigenvalue weighted by Gasteiger charge is -2.46. The highest BCUT2D eigenvalue weighted by Gasteiger charge is 3.00. The van der Waals surface area contributed by atoms with Gasteiger partial charge in [-0.15, -0.1) is 0 Å². The average molecular weight is 999 g/mol. The van der Waals surface area contributed by atoms with Gasteiger partial charge < -0.3 is 8.23 Å². The van der Waals surface area contributed by atoms with E-state index in [1.165, 1.54) is 8.23 Å². The normalized spacial score (nSPS) is 17.2. The molecule has 0 aromatic rings. The number of halogens is 37. The van der Waals surface area contributed by atoms with Gasteiger partial charge in [0, 0.05) is 0 Å². The van der Waals surface area contributed by atoms with Crippen molar-refractivity contribution in [2.24, 2.45) is 0 Å². The summed E-state index contributed by atoms with van der Waals surface area (Å²) in [7, 11) is -33.4. The topological polar surface area (TPSA) is 18.5 Å². The quantitative estimate of drug-likeness (QED) is 0.143. The van der Waals surface area contributed by atoms with Crippen LogP contribution in [0.5, 0.6) is 0 Å². The molecular formula is C15F37O2Si3. The maximum Gasteiger partial charge on any atom is 0.540 e. The average Bonchev–Trinajstić information content (AvgIpc) is 2.86. The van der Waals surface area contributed by atoms with E-state index in [0.29, 0.717) is 0 Å². The Morgan fingerprint density at radius 2 is 0.386 bits per heavy atom. The van der Waals surface area contributed by atoms with Crippen molar-refractivity contribution in [3.8, 4) is 0 Å². The van der Waals surface area contributed by atoms with Crippen LogP contribution in [-0.4, -0.2) is 114 Å². The Balaban J connectivity index is 8.83. The van der Waals surface area contributed by atoms with Gasteiger partial charge in [-0.3, -0.25) is 0 Å². The molecule has 0 aliphatic rings. The Bertz CT molecular complexity index is 1290. The van der Waals surface area contributed by atoms with E-state index >= 15 is 0 Å². The fourth-order valence-corrected chi connectivity index (χ4v) is 12.1. The van der Waals surface area contributed by atoms with Crippen molar-refractivity contribution in [2.75, 3.05) is 0 Å². The summed E-state index contributed by atoms with van der Waals surface area (Å²) in [6.45, 7) is 0. The van der Waals surface area contributed by atoms with Crippen molar-refractivity contribution in [1.29, 1.82) is 0 Å². The first-order valence-corrected chi connectivity index (χ1v) is 16.7. The minimum absolute atomic E-state index is 1.21. The molecule has 0 amide bonds. The lowest BCUT2D eigenvalue weighted by atomic mass is 9.89. The maximum absolute atomic E-state index is 14.8. The van der Waals surface area contributed by atoms with Crippen LogP contribution < -0.4 is 0 Å². The Labute approximate surface area is 285 Å². The Morgan fingerprint density at radius 1 is 0.228 bits per heavy atom. The molecule has 0 saturated carbocycles. The molecule has 0 heterocycles. The molecule has 343 valence electrons. The second-order valence-electron chi connectivity index (χ2n) is 9.93. The molecule has 0 aliphatic carbocycles. The molecular weight excluding hydrogens is 999 g/mol. The fourth-order valence-electron chi connectivity index (χ4n) is 3.23. The Hall–Kier alpha value is -2.02. The van der Waals surface area contributed by atoms with Crippen LogP contribution in [-0.2, 0) is 8.23 Å². The van der Waals surface area contributed by atoms with Gasteiger partial charge in [0.1, 0.15) is 0 Å². The second-order valence-corrected chi connectivity index (χ2v) is 18.9. The summed E-state index contributed by atoms with van der Waals surface area (Å²) < 4.78 is 499.